The lowest BCUT2D eigenvalue weighted by Gasteiger charge is -2.25. The first-order valence-corrected chi connectivity index (χ1v) is 4.42. The highest BCUT2D eigenvalue weighted by Crippen LogP contribution is 2.23. The highest BCUT2D eigenvalue weighted by atomic mass is 16.5. The third-order valence-corrected chi connectivity index (χ3v) is 2.37. The van der Waals surface area contributed by atoms with Gasteiger partial charge in [-0.3, -0.25) is 0 Å². The van der Waals surface area contributed by atoms with Gasteiger partial charge in [0, 0.05) is 20.0 Å². The van der Waals surface area contributed by atoms with E-state index in [1.807, 2.05) is 0 Å². The number of amides is 2. The molecule has 0 fully saturated rings. The van der Waals surface area contributed by atoms with E-state index in [2.05, 4.69) is 10.5 Å². The van der Waals surface area contributed by atoms with E-state index in [0.717, 1.165) is 11.3 Å². The number of hydrogen-bond acceptors (Lipinski definition) is 4. The van der Waals surface area contributed by atoms with Crippen LogP contribution < -0.4 is 11.1 Å². The van der Waals surface area contributed by atoms with Gasteiger partial charge in [-0.05, 0) is 0 Å². The fourth-order valence-electron chi connectivity index (χ4n) is 1.56. The summed E-state index contributed by atoms with van der Waals surface area (Å²) in [4.78, 5) is 13.0. The summed E-state index contributed by atoms with van der Waals surface area (Å²) in [5.41, 5.74) is 7.27. The smallest absolute Gasteiger partial charge is 0.317 e. The zero-order valence-corrected chi connectivity index (χ0v) is 7.91. The minimum Gasteiger partial charge on any atom is -0.367 e. The Morgan fingerprint density at radius 1 is 1.71 bits per heavy atom. The summed E-state index contributed by atoms with van der Waals surface area (Å²) in [7, 11) is 1.61. The molecule has 3 N–H and O–H groups in total. The number of aromatic nitrogens is 1. The van der Waals surface area contributed by atoms with E-state index in [-0.39, 0.29) is 6.03 Å². The van der Waals surface area contributed by atoms with Crippen molar-refractivity contribution in [1.82, 2.24) is 15.4 Å². The van der Waals surface area contributed by atoms with Crippen molar-refractivity contribution < 1.29 is 9.32 Å². The normalized spacial score (nSPS) is 15.1. The number of anilines is 1. The topological polar surface area (TPSA) is 84.4 Å². The summed E-state index contributed by atoms with van der Waals surface area (Å²) in [5.74, 6) is 0.314. The Morgan fingerprint density at radius 2 is 2.50 bits per heavy atom. The first-order chi connectivity index (χ1) is 6.72. The lowest BCUT2D eigenvalue weighted by atomic mass is 10.1. The monoisotopic (exact) mass is 196 g/mol. The molecule has 2 heterocycles. The lowest BCUT2D eigenvalue weighted by molar-refractivity contribution is 0.194. The standard InChI is InChI=1S/C8H12N4O2/c1-10-8(13)12-3-2-6-5(4-12)7(9)14-11-6/h2-4,9H2,1H3,(H,10,13). The van der Waals surface area contributed by atoms with Gasteiger partial charge in [-0.1, -0.05) is 5.16 Å². The molecule has 0 aromatic carbocycles. The first-order valence-electron chi connectivity index (χ1n) is 4.42. The molecule has 1 aromatic rings. The van der Waals surface area contributed by atoms with Crippen molar-refractivity contribution in [1.29, 1.82) is 0 Å². The molecule has 6 heteroatoms. The number of fused-ring (bicyclic) bond motifs is 1. The predicted molar refractivity (Wildman–Crippen MR) is 49.5 cm³/mol. The van der Waals surface area contributed by atoms with Crippen LogP contribution in [0.5, 0.6) is 0 Å². The summed E-state index contributed by atoms with van der Waals surface area (Å²) < 4.78 is 4.85. The predicted octanol–water partition coefficient (Wildman–Crippen LogP) is -0.0457. The minimum atomic E-state index is -0.101. The molecule has 2 amide bonds. The number of carbonyl (C=O) groups is 1. The van der Waals surface area contributed by atoms with Gasteiger partial charge in [-0.15, -0.1) is 0 Å². The van der Waals surface area contributed by atoms with Crippen molar-refractivity contribution in [2.75, 3.05) is 19.3 Å². The molecule has 2 rings (SSSR count). The Balaban J connectivity index is 2.20. The molecule has 0 unspecified atom stereocenters. The molecule has 14 heavy (non-hydrogen) atoms. The van der Waals surface area contributed by atoms with E-state index in [1.54, 1.807) is 11.9 Å². The van der Waals surface area contributed by atoms with Crippen molar-refractivity contribution in [2.24, 2.45) is 0 Å². The van der Waals surface area contributed by atoms with Gasteiger partial charge in [-0.2, -0.15) is 0 Å². The van der Waals surface area contributed by atoms with Gasteiger partial charge >= 0.3 is 6.03 Å². The van der Waals surface area contributed by atoms with Crippen molar-refractivity contribution in [3.05, 3.63) is 11.3 Å². The molecular weight excluding hydrogens is 184 g/mol. The van der Waals surface area contributed by atoms with Crippen molar-refractivity contribution in [2.45, 2.75) is 13.0 Å². The summed E-state index contributed by atoms with van der Waals surface area (Å²) in [6, 6.07) is -0.101. The largest absolute Gasteiger partial charge is 0.367 e. The van der Waals surface area contributed by atoms with Gasteiger partial charge in [0.2, 0.25) is 5.88 Å². The molecule has 0 saturated carbocycles. The average Bonchev–Trinajstić information content (AvgIpc) is 2.59. The number of nitrogens with two attached hydrogens (primary N) is 1. The van der Waals surface area contributed by atoms with Crippen LogP contribution in [0.3, 0.4) is 0 Å². The number of nitrogens with one attached hydrogen (secondary N) is 1. The van der Waals surface area contributed by atoms with Crippen LogP contribution in [0.15, 0.2) is 4.52 Å². The van der Waals surface area contributed by atoms with Gasteiger partial charge in [-0.25, -0.2) is 4.79 Å². The van der Waals surface area contributed by atoms with Gasteiger partial charge in [0.1, 0.15) is 0 Å². The zero-order valence-electron chi connectivity index (χ0n) is 7.91. The molecule has 0 spiro atoms. The molecule has 0 radical (unpaired) electrons. The molecule has 1 aliphatic heterocycles. The van der Waals surface area contributed by atoms with E-state index in [4.69, 9.17) is 10.3 Å². The molecule has 76 valence electrons. The Labute approximate surface area is 81.0 Å². The number of rotatable bonds is 0. The number of nitrogen functional groups attached to an aromatic ring is 1. The van der Waals surface area contributed by atoms with E-state index in [1.165, 1.54) is 0 Å². The maximum absolute atomic E-state index is 11.3. The van der Waals surface area contributed by atoms with E-state index < -0.39 is 0 Å². The maximum Gasteiger partial charge on any atom is 0.317 e. The summed E-state index contributed by atoms with van der Waals surface area (Å²) in [6.45, 7) is 1.13. The maximum atomic E-state index is 11.3. The first kappa shape index (κ1) is 8.86. The fraction of sp³-hybridized carbons (Fsp3) is 0.500. The van der Waals surface area contributed by atoms with Crippen LogP contribution >= 0.6 is 0 Å². The van der Waals surface area contributed by atoms with Crippen LogP contribution in [-0.4, -0.2) is 29.7 Å². The molecular formula is C8H12N4O2. The second-order valence-corrected chi connectivity index (χ2v) is 3.20. The summed E-state index contributed by atoms with van der Waals surface area (Å²) in [5, 5.41) is 6.39. The molecule has 6 nitrogen and oxygen atoms in total. The van der Waals surface area contributed by atoms with Crippen molar-refractivity contribution in [3.8, 4) is 0 Å². The van der Waals surface area contributed by atoms with E-state index in [9.17, 15) is 4.79 Å². The molecule has 1 aliphatic rings. The summed E-state index contributed by atoms with van der Waals surface area (Å²) >= 11 is 0. The Morgan fingerprint density at radius 3 is 3.21 bits per heavy atom. The lowest BCUT2D eigenvalue weighted by Crippen LogP contribution is -2.41. The Hall–Kier alpha value is -1.72. The van der Waals surface area contributed by atoms with Gasteiger partial charge in [0.05, 0.1) is 17.8 Å². The number of urea groups is 1. The van der Waals surface area contributed by atoms with Gasteiger partial charge in [0.25, 0.3) is 0 Å². The van der Waals surface area contributed by atoms with Gasteiger partial charge in [0.15, 0.2) is 0 Å². The Bertz CT molecular complexity index is 360. The molecule has 0 aliphatic carbocycles. The highest BCUT2D eigenvalue weighted by molar-refractivity contribution is 5.74. The van der Waals surface area contributed by atoms with Crippen LogP contribution in [0.25, 0.3) is 0 Å². The van der Waals surface area contributed by atoms with Crippen LogP contribution in [0, 0.1) is 0 Å². The van der Waals surface area contributed by atoms with Crippen molar-refractivity contribution >= 4 is 11.9 Å². The SMILES string of the molecule is CNC(=O)N1CCc2noc(N)c2C1. The van der Waals surface area contributed by atoms with Crippen molar-refractivity contribution in [3.63, 3.8) is 0 Å². The van der Waals surface area contributed by atoms with Gasteiger partial charge < -0.3 is 20.5 Å². The van der Waals surface area contributed by atoms with E-state index >= 15 is 0 Å². The molecule has 0 atom stereocenters. The Kier molecular flexibility index (Phi) is 2.03. The molecule has 1 aromatic heterocycles. The third-order valence-electron chi connectivity index (χ3n) is 2.37. The number of nitrogens with zero attached hydrogens (tertiary/aromatic N) is 2. The molecule has 0 bridgehead atoms. The molecule has 0 saturated heterocycles. The second kappa shape index (κ2) is 3.21. The quantitative estimate of drug-likeness (QED) is 0.609. The second-order valence-electron chi connectivity index (χ2n) is 3.20. The number of carbonyl (C=O) groups excluding carboxylic acids is 1. The fourth-order valence-corrected chi connectivity index (χ4v) is 1.56. The number of hydrogen-bond donors (Lipinski definition) is 2. The van der Waals surface area contributed by atoms with Crippen LogP contribution in [0.1, 0.15) is 11.3 Å². The average molecular weight is 196 g/mol. The minimum absolute atomic E-state index is 0.101. The zero-order chi connectivity index (χ0) is 10.1. The van der Waals surface area contributed by atoms with Crippen LogP contribution in [0.2, 0.25) is 0 Å². The third kappa shape index (κ3) is 1.28. The van der Waals surface area contributed by atoms with E-state index in [0.29, 0.717) is 25.4 Å². The highest BCUT2D eigenvalue weighted by Gasteiger charge is 2.25. The van der Waals surface area contributed by atoms with Crippen LogP contribution in [0.4, 0.5) is 10.7 Å². The van der Waals surface area contributed by atoms with Crippen LogP contribution in [-0.2, 0) is 13.0 Å². The summed E-state index contributed by atoms with van der Waals surface area (Å²) in [6.07, 6.45) is 0.698.